The van der Waals surface area contributed by atoms with Crippen LogP contribution in [0.4, 0.5) is 0 Å². The average molecular weight is 268 g/mol. The highest BCUT2D eigenvalue weighted by Crippen LogP contribution is 2.51. The molecule has 0 radical (unpaired) electrons. The number of amides is 1. The van der Waals surface area contributed by atoms with E-state index in [4.69, 9.17) is 10.5 Å². The van der Waals surface area contributed by atoms with Crippen molar-refractivity contribution in [1.82, 2.24) is 4.98 Å². The van der Waals surface area contributed by atoms with Crippen LogP contribution in [0.1, 0.15) is 47.1 Å². The van der Waals surface area contributed by atoms with Crippen LogP contribution in [0.25, 0.3) is 0 Å². The van der Waals surface area contributed by atoms with Gasteiger partial charge in [-0.05, 0) is 19.8 Å². The lowest BCUT2D eigenvalue weighted by Gasteiger charge is -2.06. The zero-order chi connectivity index (χ0) is 13.3. The van der Waals surface area contributed by atoms with Crippen molar-refractivity contribution >= 4 is 23.2 Å². The molecule has 1 aliphatic rings. The number of aromatic nitrogens is 1. The van der Waals surface area contributed by atoms with Crippen molar-refractivity contribution in [3.8, 4) is 0 Å². The molecule has 0 saturated heterocycles. The van der Waals surface area contributed by atoms with Crippen molar-refractivity contribution in [3.05, 3.63) is 15.6 Å². The molecule has 1 saturated carbocycles. The number of ether oxygens (including phenoxy) is 1. The first-order chi connectivity index (χ1) is 8.46. The minimum Gasteiger partial charge on any atom is -0.461 e. The highest BCUT2D eigenvalue weighted by molar-refractivity contribution is 7.12. The van der Waals surface area contributed by atoms with E-state index in [0.717, 1.165) is 17.7 Å². The summed E-state index contributed by atoms with van der Waals surface area (Å²) in [7, 11) is 0. The number of esters is 1. The van der Waals surface area contributed by atoms with Gasteiger partial charge in [-0.15, -0.1) is 11.3 Å². The number of rotatable bonds is 5. The molecule has 0 aromatic carbocycles. The second kappa shape index (κ2) is 4.68. The normalized spacial score (nSPS) is 16.3. The lowest BCUT2D eigenvalue weighted by atomic mass is 10.1. The van der Waals surface area contributed by atoms with Crippen LogP contribution < -0.4 is 5.73 Å². The molecule has 2 N–H and O–H groups in total. The molecule has 18 heavy (non-hydrogen) atoms. The first-order valence-corrected chi connectivity index (χ1v) is 6.73. The molecular weight excluding hydrogens is 252 g/mol. The third-order valence-electron chi connectivity index (χ3n) is 3.01. The third-order valence-corrected chi connectivity index (χ3v) is 4.38. The maximum atomic E-state index is 11.8. The van der Waals surface area contributed by atoms with Crippen molar-refractivity contribution in [3.63, 3.8) is 0 Å². The fourth-order valence-electron chi connectivity index (χ4n) is 1.75. The van der Waals surface area contributed by atoms with E-state index in [9.17, 15) is 9.59 Å². The summed E-state index contributed by atoms with van der Waals surface area (Å²) >= 11 is 1.40. The maximum absolute atomic E-state index is 11.8. The summed E-state index contributed by atoms with van der Waals surface area (Å²) in [5.41, 5.74) is 5.54. The van der Waals surface area contributed by atoms with Gasteiger partial charge in [-0.25, -0.2) is 9.78 Å². The summed E-state index contributed by atoms with van der Waals surface area (Å²) in [6, 6.07) is 0. The molecule has 1 amide bonds. The second-order valence-electron chi connectivity index (χ2n) is 4.71. The monoisotopic (exact) mass is 268 g/mol. The Morgan fingerprint density at radius 1 is 1.50 bits per heavy atom. The molecule has 6 heteroatoms. The molecule has 1 aromatic rings. The highest BCUT2D eigenvalue weighted by Gasteiger charge is 2.44. The van der Waals surface area contributed by atoms with Gasteiger partial charge in [0.05, 0.1) is 13.0 Å². The highest BCUT2D eigenvalue weighted by atomic mass is 32.1. The molecule has 2 rings (SSSR count). The van der Waals surface area contributed by atoms with Crippen LogP contribution >= 0.6 is 11.3 Å². The van der Waals surface area contributed by atoms with Crippen molar-refractivity contribution in [1.29, 1.82) is 0 Å². The number of hydrogen-bond acceptors (Lipinski definition) is 5. The number of nitrogens with zero attached hydrogens (tertiary/aromatic N) is 1. The molecule has 0 bridgehead atoms. The Balaban J connectivity index is 2.33. The molecule has 0 unspecified atom stereocenters. The van der Waals surface area contributed by atoms with Gasteiger partial charge in [-0.1, -0.05) is 6.92 Å². The van der Waals surface area contributed by atoms with Crippen LogP contribution in [0, 0.1) is 0 Å². The van der Waals surface area contributed by atoms with E-state index in [-0.39, 0.29) is 11.8 Å². The van der Waals surface area contributed by atoms with E-state index in [1.807, 2.05) is 0 Å². The molecule has 1 heterocycles. The standard InChI is InChI=1S/C12H16N2O3S/c1-3-17-11(16)9-10(12(2)4-5-12)18-8(14-9)6-7(13)15/h3-6H2,1-2H3,(H2,13,15). The Hall–Kier alpha value is -1.43. The van der Waals surface area contributed by atoms with Gasteiger partial charge in [-0.3, -0.25) is 4.79 Å². The summed E-state index contributed by atoms with van der Waals surface area (Å²) in [4.78, 5) is 27.9. The molecule has 0 atom stereocenters. The second-order valence-corrected chi connectivity index (χ2v) is 5.79. The number of nitrogens with two attached hydrogens (primary N) is 1. The van der Waals surface area contributed by atoms with E-state index in [1.54, 1.807) is 6.92 Å². The fourth-order valence-corrected chi connectivity index (χ4v) is 3.01. The summed E-state index contributed by atoms with van der Waals surface area (Å²) in [6.07, 6.45) is 2.16. The summed E-state index contributed by atoms with van der Waals surface area (Å²) in [6.45, 7) is 4.17. The molecule has 0 spiro atoms. The molecule has 1 aliphatic carbocycles. The zero-order valence-corrected chi connectivity index (χ0v) is 11.3. The number of hydrogen-bond donors (Lipinski definition) is 1. The van der Waals surface area contributed by atoms with E-state index < -0.39 is 11.9 Å². The lowest BCUT2D eigenvalue weighted by Crippen LogP contribution is -2.14. The minimum atomic E-state index is -0.438. The van der Waals surface area contributed by atoms with E-state index in [2.05, 4.69) is 11.9 Å². The zero-order valence-electron chi connectivity index (χ0n) is 10.5. The van der Waals surface area contributed by atoms with Crippen LogP contribution in [-0.2, 0) is 21.4 Å². The Bertz CT molecular complexity index is 492. The average Bonchev–Trinajstić information content (AvgIpc) is 2.88. The Morgan fingerprint density at radius 3 is 2.67 bits per heavy atom. The molecule has 98 valence electrons. The van der Waals surface area contributed by atoms with Crippen molar-refractivity contribution < 1.29 is 14.3 Å². The first kappa shape index (κ1) is 13.0. The van der Waals surface area contributed by atoms with Gasteiger partial charge in [0.15, 0.2) is 5.69 Å². The largest absolute Gasteiger partial charge is 0.461 e. The van der Waals surface area contributed by atoms with E-state index in [1.165, 1.54) is 11.3 Å². The number of carbonyl (C=O) groups is 2. The van der Waals surface area contributed by atoms with Crippen LogP contribution in [0.2, 0.25) is 0 Å². The first-order valence-electron chi connectivity index (χ1n) is 5.92. The number of carbonyl (C=O) groups excluding carboxylic acids is 2. The molecule has 1 fully saturated rings. The smallest absolute Gasteiger partial charge is 0.358 e. The lowest BCUT2D eigenvalue weighted by molar-refractivity contribution is -0.117. The van der Waals surface area contributed by atoms with Gasteiger partial charge < -0.3 is 10.5 Å². The minimum absolute atomic E-state index is 0.0235. The Labute approximate surface area is 109 Å². The number of primary amides is 1. The van der Waals surface area contributed by atoms with Crippen LogP contribution in [0.5, 0.6) is 0 Å². The summed E-state index contributed by atoms with van der Waals surface area (Å²) in [5, 5.41) is 0.591. The number of thiazole rings is 1. The topological polar surface area (TPSA) is 82.3 Å². The van der Waals surface area contributed by atoms with Gasteiger partial charge in [0.2, 0.25) is 5.91 Å². The van der Waals surface area contributed by atoms with Gasteiger partial charge in [0.1, 0.15) is 5.01 Å². The molecule has 0 aliphatic heterocycles. The van der Waals surface area contributed by atoms with Gasteiger partial charge in [0.25, 0.3) is 0 Å². The van der Waals surface area contributed by atoms with Gasteiger partial charge in [-0.2, -0.15) is 0 Å². The Morgan fingerprint density at radius 2 is 2.17 bits per heavy atom. The predicted octanol–water partition coefficient (Wildman–Crippen LogP) is 1.40. The van der Waals surface area contributed by atoms with E-state index >= 15 is 0 Å². The van der Waals surface area contributed by atoms with Crippen molar-refractivity contribution in [2.45, 2.75) is 38.5 Å². The maximum Gasteiger partial charge on any atom is 0.358 e. The van der Waals surface area contributed by atoms with Crippen LogP contribution in [-0.4, -0.2) is 23.5 Å². The van der Waals surface area contributed by atoms with E-state index in [0.29, 0.717) is 17.3 Å². The quantitative estimate of drug-likeness (QED) is 0.818. The molecular formula is C12H16N2O3S. The molecule has 5 nitrogen and oxygen atoms in total. The van der Waals surface area contributed by atoms with Crippen LogP contribution in [0.3, 0.4) is 0 Å². The SMILES string of the molecule is CCOC(=O)c1nc(CC(N)=O)sc1C1(C)CC1. The van der Waals surface area contributed by atoms with Crippen molar-refractivity contribution in [2.24, 2.45) is 5.73 Å². The van der Waals surface area contributed by atoms with Gasteiger partial charge >= 0.3 is 5.97 Å². The summed E-state index contributed by atoms with van der Waals surface area (Å²) in [5.74, 6) is -0.848. The van der Waals surface area contributed by atoms with Gasteiger partial charge in [0, 0.05) is 10.3 Å². The fraction of sp³-hybridized carbons (Fsp3) is 0.583. The van der Waals surface area contributed by atoms with Crippen molar-refractivity contribution in [2.75, 3.05) is 6.61 Å². The Kier molecular flexibility index (Phi) is 3.38. The van der Waals surface area contributed by atoms with Crippen LogP contribution in [0.15, 0.2) is 0 Å². The third kappa shape index (κ3) is 2.53. The predicted molar refractivity (Wildman–Crippen MR) is 67.6 cm³/mol. The summed E-state index contributed by atoms with van der Waals surface area (Å²) < 4.78 is 5.00. The molecule has 1 aromatic heterocycles.